The zero-order valence-corrected chi connectivity index (χ0v) is 9.84. The molecule has 2 nitrogen and oxygen atoms in total. The van der Waals surface area contributed by atoms with E-state index in [9.17, 15) is 0 Å². The molecule has 0 radical (unpaired) electrons. The Morgan fingerprint density at radius 3 is 2.41 bits per heavy atom. The number of nitrogens with zero attached hydrogens (tertiary/aromatic N) is 2. The van der Waals surface area contributed by atoms with Gasteiger partial charge >= 0.3 is 0 Å². The van der Waals surface area contributed by atoms with Gasteiger partial charge in [0.15, 0.2) is 0 Å². The summed E-state index contributed by atoms with van der Waals surface area (Å²) in [6, 6.07) is 14.7. The Labute approximate surface area is 102 Å². The molecule has 2 heterocycles. The molecule has 3 rings (SSSR count). The van der Waals surface area contributed by atoms with Crippen LogP contribution in [0.4, 0.5) is 5.82 Å². The monoisotopic (exact) mass is 224 g/mol. The summed E-state index contributed by atoms with van der Waals surface area (Å²) in [5.41, 5.74) is 2.50. The second kappa shape index (κ2) is 4.58. The molecule has 0 amide bonds. The second-order valence-electron chi connectivity index (χ2n) is 4.43. The number of benzene rings is 1. The van der Waals surface area contributed by atoms with E-state index in [1.165, 1.54) is 24.0 Å². The van der Waals surface area contributed by atoms with E-state index in [4.69, 9.17) is 0 Å². The van der Waals surface area contributed by atoms with Crippen LogP contribution in [-0.4, -0.2) is 18.1 Å². The smallest absolute Gasteiger partial charge is 0.136 e. The van der Waals surface area contributed by atoms with E-state index in [-0.39, 0.29) is 0 Å². The molecule has 2 heteroatoms. The molecule has 0 bridgehead atoms. The highest BCUT2D eigenvalue weighted by atomic mass is 15.2. The number of pyridine rings is 1. The predicted octanol–water partition coefficient (Wildman–Crippen LogP) is 3.35. The highest BCUT2D eigenvalue weighted by molar-refractivity contribution is 5.75. The predicted molar refractivity (Wildman–Crippen MR) is 71.1 cm³/mol. The Bertz CT molecular complexity index is 487. The molecule has 1 saturated heterocycles. The molecule has 0 unspecified atom stereocenters. The van der Waals surface area contributed by atoms with Crippen LogP contribution in [0.2, 0.25) is 0 Å². The molecule has 2 aromatic rings. The van der Waals surface area contributed by atoms with Gasteiger partial charge in [-0.15, -0.1) is 0 Å². The van der Waals surface area contributed by atoms with Crippen molar-refractivity contribution in [3.8, 4) is 11.1 Å². The lowest BCUT2D eigenvalue weighted by Crippen LogP contribution is -2.19. The molecule has 0 saturated carbocycles. The maximum absolute atomic E-state index is 4.56. The van der Waals surface area contributed by atoms with Crippen molar-refractivity contribution in [2.45, 2.75) is 12.8 Å². The van der Waals surface area contributed by atoms with E-state index in [2.05, 4.69) is 46.3 Å². The summed E-state index contributed by atoms with van der Waals surface area (Å²) in [4.78, 5) is 6.95. The van der Waals surface area contributed by atoms with Crippen LogP contribution in [0.25, 0.3) is 11.1 Å². The average Bonchev–Trinajstić information content (AvgIpc) is 2.94. The number of anilines is 1. The van der Waals surface area contributed by atoms with Crippen molar-refractivity contribution < 1.29 is 0 Å². The van der Waals surface area contributed by atoms with Crippen LogP contribution in [0.1, 0.15) is 12.8 Å². The molecule has 1 aliphatic heterocycles. The van der Waals surface area contributed by atoms with Gasteiger partial charge in [-0.3, -0.25) is 0 Å². The molecule has 1 aromatic carbocycles. The van der Waals surface area contributed by atoms with Gasteiger partial charge in [0.2, 0.25) is 0 Å². The summed E-state index contributed by atoms with van der Waals surface area (Å²) >= 11 is 0. The Balaban J connectivity index is 2.04. The van der Waals surface area contributed by atoms with Gasteiger partial charge in [-0.2, -0.15) is 0 Å². The van der Waals surface area contributed by atoms with Crippen LogP contribution in [0, 0.1) is 0 Å². The van der Waals surface area contributed by atoms with Crippen molar-refractivity contribution in [3.63, 3.8) is 0 Å². The molecular weight excluding hydrogens is 208 g/mol. The zero-order chi connectivity index (χ0) is 11.5. The van der Waals surface area contributed by atoms with Gasteiger partial charge in [0.05, 0.1) is 0 Å². The van der Waals surface area contributed by atoms with Crippen LogP contribution >= 0.6 is 0 Å². The van der Waals surface area contributed by atoms with Gasteiger partial charge in [0.25, 0.3) is 0 Å². The molecule has 0 aliphatic carbocycles. The Morgan fingerprint density at radius 2 is 1.65 bits per heavy atom. The summed E-state index contributed by atoms with van der Waals surface area (Å²) in [6.45, 7) is 2.27. The lowest BCUT2D eigenvalue weighted by molar-refractivity contribution is 0.939. The molecule has 0 atom stereocenters. The fourth-order valence-corrected chi connectivity index (χ4v) is 2.42. The van der Waals surface area contributed by atoms with Gasteiger partial charge in [0, 0.05) is 24.8 Å². The van der Waals surface area contributed by atoms with Crippen molar-refractivity contribution in [1.82, 2.24) is 4.98 Å². The number of rotatable bonds is 2. The highest BCUT2D eigenvalue weighted by Gasteiger charge is 2.17. The van der Waals surface area contributed by atoms with E-state index < -0.39 is 0 Å². The first kappa shape index (κ1) is 10.3. The fraction of sp³-hybridized carbons (Fsp3) is 0.267. The maximum atomic E-state index is 4.56. The lowest BCUT2D eigenvalue weighted by atomic mass is 10.1. The van der Waals surface area contributed by atoms with E-state index in [1.54, 1.807) is 0 Å². The lowest BCUT2D eigenvalue weighted by Gasteiger charge is -2.19. The normalized spacial score (nSPS) is 15.2. The minimum atomic E-state index is 1.14. The van der Waals surface area contributed by atoms with Crippen molar-refractivity contribution in [2.75, 3.05) is 18.0 Å². The van der Waals surface area contributed by atoms with Gasteiger partial charge in [-0.25, -0.2) is 4.98 Å². The number of hydrogen-bond donors (Lipinski definition) is 0. The number of aromatic nitrogens is 1. The van der Waals surface area contributed by atoms with E-state index >= 15 is 0 Å². The highest BCUT2D eigenvalue weighted by Crippen LogP contribution is 2.30. The maximum Gasteiger partial charge on any atom is 0.136 e. The van der Waals surface area contributed by atoms with E-state index in [1.807, 2.05) is 12.3 Å². The van der Waals surface area contributed by atoms with Crippen molar-refractivity contribution >= 4 is 5.82 Å². The average molecular weight is 224 g/mol. The van der Waals surface area contributed by atoms with Gasteiger partial charge in [-0.1, -0.05) is 30.3 Å². The molecule has 86 valence electrons. The third-order valence-electron chi connectivity index (χ3n) is 3.28. The van der Waals surface area contributed by atoms with Crippen LogP contribution in [0.15, 0.2) is 48.7 Å². The fourth-order valence-electron chi connectivity index (χ4n) is 2.42. The molecule has 1 fully saturated rings. The van der Waals surface area contributed by atoms with Gasteiger partial charge in [0.1, 0.15) is 5.82 Å². The van der Waals surface area contributed by atoms with Crippen LogP contribution in [0.5, 0.6) is 0 Å². The van der Waals surface area contributed by atoms with Crippen molar-refractivity contribution in [1.29, 1.82) is 0 Å². The number of hydrogen-bond acceptors (Lipinski definition) is 2. The quantitative estimate of drug-likeness (QED) is 0.777. The minimum absolute atomic E-state index is 1.14. The minimum Gasteiger partial charge on any atom is -0.356 e. The van der Waals surface area contributed by atoms with Gasteiger partial charge in [-0.05, 0) is 30.5 Å². The third kappa shape index (κ3) is 2.03. The summed E-state index contributed by atoms with van der Waals surface area (Å²) in [5, 5.41) is 0. The SMILES string of the molecule is c1ccc(-c2cccnc2N2CCCC2)cc1. The Kier molecular flexibility index (Phi) is 2.78. The molecule has 1 aliphatic rings. The third-order valence-corrected chi connectivity index (χ3v) is 3.28. The summed E-state index contributed by atoms with van der Waals surface area (Å²) < 4.78 is 0. The van der Waals surface area contributed by atoms with Crippen LogP contribution in [-0.2, 0) is 0 Å². The largest absolute Gasteiger partial charge is 0.356 e. The molecular formula is C15H16N2. The van der Waals surface area contributed by atoms with Crippen molar-refractivity contribution in [3.05, 3.63) is 48.7 Å². The molecule has 17 heavy (non-hydrogen) atoms. The first-order valence-corrected chi connectivity index (χ1v) is 6.20. The molecule has 0 spiro atoms. The van der Waals surface area contributed by atoms with Crippen molar-refractivity contribution in [2.24, 2.45) is 0 Å². The van der Waals surface area contributed by atoms with E-state index in [0.717, 1.165) is 18.9 Å². The first-order chi connectivity index (χ1) is 8.45. The Morgan fingerprint density at radius 1 is 0.882 bits per heavy atom. The summed E-state index contributed by atoms with van der Waals surface area (Å²) in [5.74, 6) is 1.14. The molecule has 1 aromatic heterocycles. The van der Waals surface area contributed by atoms with Crippen LogP contribution in [0.3, 0.4) is 0 Å². The topological polar surface area (TPSA) is 16.1 Å². The van der Waals surface area contributed by atoms with E-state index in [0.29, 0.717) is 0 Å². The standard InChI is InChI=1S/C15H16N2/c1-2-7-13(8-3-1)14-9-6-10-16-15(14)17-11-4-5-12-17/h1-3,6-10H,4-5,11-12H2. The van der Waals surface area contributed by atoms with Crippen LogP contribution < -0.4 is 4.90 Å². The second-order valence-corrected chi connectivity index (χ2v) is 4.43. The Hall–Kier alpha value is -1.83. The zero-order valence-electron chi connectivity index (χ0n) is 9.84. The molecule has 0 N–H and O–H groups in total. The van der Waals surface area contributed by atoms with Gasteiger partial charge < -0.3 is 4.90 Å². The summed E-state index contributed by atoms with van der Waals surface area (Å²) in [7, 11) is 0. The first-order valence-electron chi connectivity index (χ1n) is 6.20. The summed E-state index contributed by atoms with van der Waals surface area (Å²) in [6.07, 6.45) is 4.45.